The number of aliphatic imine (C=N–C) groups is 1. The van der Waals surface area contributed by atoms with Gasteiger partial charge < -0.3 is 20.7 Å². The highest BCUT2D eigenvalue weighted by Gasteiger charge is 2.21. The zero-order valence-corrected chi connectivity index (χ0v) is 17.6. The SMILES string of the molecule is CCCC1CCC(NC(=NC)NCc2cccc(OCC(=O)NCC)c2)CC1. The Hall–Kier alpha value is -2.24. The lowest BCUT2D eigenvalue weighted by atomic mass is 9.83. The third kappa shape index (κ3) is 7.79. The summed E-state index contributed by atoms with van der Waals surface area (Å²) in [5.41, 5.74) is 1.09. The van der Waals surface area contributed by atoms with Crippen LogP contribution in [0.15, 0.2) is 29.3 Å². The van der Waals surface area contributed by atoms with Crippen LogP contribution in [0.5, 0.6) is 5.75 Å². The summed E-state index contributed by atoms with van der Waals surface area (Å²) in [7, 11) is 1.81. The number of hydrogen-bond donors (Lipinski definition) is 3. The Morgan fingerprint density at radius 2 is 1.96 bits per heavy atom. The molecule has 6 heteroatoms. The number of amides is 1. The van der Waals surface area contributed by atoms with Crippen molar-refractivity contribution in [3.05, 3.63) is 29.8 Å². The van der Waals surface area contributed by atoms with Crippen LogP contribution in [0.3, 0.4) is 0 Å². The molecule has 0 aromatic heterocycles. The maximum atomic E-state index is 11.5. The van der Waals surface area contributed by atoms with E-state index in [1.165, 1.54) is 38.5 Å². The highest BCUT2D eigenvalue weighted by Crippen LogP contribution is 2.27. The zero-order valence-electron chi connectivity index (χ0n) is 17.6. The molecule has 1 aromatic rings. The molecule has 0 radical (unpaired) electrons. The Morgan fingerprint density at radius 3 is 2.64 bits per heavy atom. The van der Waals surface area contributed by atoms with Gasteiger partial charge in [0.25, 0.3) is 5.91 Å². The second-order valence-corrected chi connectivity index (χ2v) is 7.47. The maximum absolute atomic E-state index is 11.5. The number of hydrogen-bond acceptors (Lipinski definition) is 3. The number of nitrogens with zero attached hydrogens (tertiary/aromatic N) is 1. The highest BCUT2D eigenvalue weighted by molar-refractivity contribution is 5.80. The summed E-state index contributed by atoms with van der Waals surface area (Å²) in [5, 5.41) is 9.67. The molecule has 1 aliphatic carbocycles. The quantitative estimate of drug-likeness (QED) is 0.448. The van der Waals surface area contributed by atoms with Crippen LogP contribution >= 0.6 is 0 Å². The molecule has 156 valence electrons. The number of guanidine groups is 1. The van der Waals surface area contributed by atoms with E-state index in [9.17, 15) is 4.79 Å². The minimum absolute atomic E-state index is 0.0364. The summed E-state index contributed by atoms with van der Waals surface area (Å²) >= 11 is 0. The van der Waals surface area contributed by atoms with Crippen molar-refractivity contribution in [2.24, 2.45) is 10.9 Å². The van der Waals surface area contributed by atoms with Gasteiger partial charge in [0.15, 0.2) is 12.6 Å². The van der Waals surface area contributed by atoms with Crippen LogP contribution in [0.2, 0.25) is 0 Å². The zero-order chi connectivity index (χ0) is 20.2. The molecular formula is C22H36N4O2. The van der Waals surface area contributed by atoms with E-state index in [0.717, 1.165) is 17.4 Å². The lowest BCUT2D eigenvalue weighted by Gasteiger charge is -2.30. The Balaban J connectivity index is 1.77. The van der Waals surface area contributed by atoms with Gasteiger partial charge in [0, 0.05) is 26.2 Å². The highest BCUT2D eigenvalue weighted by atomic mass is 16.5. The first-order valence-electron chi connectivity index (χ1n) is 10.6. The van der Waals surface area contributed by atoms with Crippen LogP contribution in [0, 0.1) is 5.92 Å². The molecular weight excluding hydrogens is 352 g/mol. The number of carbonyl (C=O) groups is 1. The first-order chi connectivity index (χ1) is 13.6. The fraction of sp³-hybridized carbons (Fsp3) is 0.636. The van der Waals surface area contributed by atoms with Gasteiger partial charge in [-0.25, -0.2) is 0 Å². The van der Waals surface area contributed by atoms with Crippen molar-refractivity contribution in [1.82, 2.24) is 16.0 Å². The van der Waals surface area contributed by atoms with Crippen LogP contribution in [0.1, 0.15) is 57.9 Å². The van der Waals surface area contributed by atoms with Crippen LogP contribution in [0.25, 0.3) is 0 Å². The van der Waals surface area contributed by atoms with Gasteiger partial charge in [0.05, 0.1) is 0 Å². The fourth-order valence-electron chi connectivity index (χ4n) is 3.72. The molecule has 0 unspecified atom stereocenters. The normalized spacial score (nSPS) is 19.8. The Labute approximate surface area is 169 Å². The third-order valence-electron chi connectivity index (χ3n) is 5.21. The summed E-state index contributed by atoms with van der Waals surface area (Å²) in [6.45, 7) is 5.47. The minimum atomic E-state index is -0.107. The summed E-state index contributed by atoms with van der Waals surface area (Å²) in [4.78, 5) is 15.9. The average molecular weight is 389 g/mol. The van der Waals surface area contributed by atoms with Gasteiger partial charge in [-0.05, 0) is 56.2 Å². The van der Waals surface area contributed by atoms with E-state index in [-0.39, 0.29) is 12.5 Å². The molecule has 28 heavy (non-hydrogen) atoms. The number of nitrogens with one attached hydrogen (secondary N) is 3. The van der Waals surface area contributed by atoms with Gasteiger partial charge in [-0.2, -0.15) is 0 Å². The molecule has 0 bridgehead atoms. The molecule has 0 aliphatic heterocycles. The molecule has 0 heterocycles. The van der Waals surface area contributed by atoms with Gasteiger partial charge >= 0.3 is 0 Å². The number of likely N-dealkylation sites (N-methyl/N-ethyl adjacent to an activating group) is 1. The molecule has 0 atom stereocenters. The first kappa shape index (κ1) is 22.1. The molecule has 1 saturated carbocycles. The maximum Gasteiger partial charge on any atom is 0.257 e. The number of benzene rings is 1. The molecule has 2 rings (SSSR count). The number of rotatable bonds is 9. The second-order valence-electron chi connectivity index (χ2n) is 7.47. The first-order valence-corrected chi connectivity index (χ1v) is 10.6. The Morgan fingerprint density at radius 1 is 1.18 bits per heavy atom. The number of ether oxygens (including phenoxy) is 1. The van der Waals surface area contributed by atoms with Gasteiger partial charge in [0.1, 0.15) is 5.75 Å². The smallest absolute Gasteiger partial charge is 0.257 e. The molecule has 3 N–H and O–H groups in total. The topological polar surface area (TPSA) is 74.8 Å². The van der Waals surface area contributed by atoms with Crippen molar-refractivity contribution >= 4 is 11.9 Å². The van der Waals surface area contributed by atoms with Crippen molar-refractivity contribution in [2.75, 3.05) is 20.2 Å². The van der Waals surface area contributed by atoms with Gasteiger partial charge in [-0.3, -0.25) is 9.79 Å². The van der Waals surface area contributed by atoms with Crippen molar-refractivity contribution < 1.29 is 9.53 Å². The second kappa shape index (κ2) is 12.3. The van der Waals surface area contributed by atoms with E-state index in [1.54, 1.807) is 0 Å². The monoisotopic (exact) mass is 388 g/mol. The van der Waals surface area contributed by atoms with Crippen molar-refractivity contribution in [2.45, 2.75) is 65.0 Å². The molecule has 0 saturated heterocycles. The van der Waals surface area contributed by atoms with E-state index in [4.69, 9.17) is 4.74 Å². The molecule has 1 fully saturated rings. The molecule has 1 amide bonds. The summed E-state index contributed by atoms with van der Waals surface area (Å²) in [5.74, 6) is 2.33. The third-order valence-corrected chi connectivity index (χ3v) is 5.21. The molecule has 6 nitrogen and oxygen atoms in total. The molecule has 1 aliphatic rings. The summed E-state index contributed by atoms with van der Waals surface area (Å²) in [6.07, 6.45) is 7.71. The van der Waals surface area contributed by atoms with E-state index < -0.39 is 0 Å². The van der Waals surface area contributed by atoms with Crippen molar-refractivity contribution in [3.8, 4) is 5.75 Å². The molecule has 1 aromatic carbocycles. The van der Waals surface area contributed by atoms with Crippen molar-refractivity contribution in [3.63, 3.8) is 0 Å². The summed E-state index contributed by atoms with van der Waals surface area (Å²) in [6, 6.07) is 8.30. The Kier molecular flexibility index (Phi) is 9.66. The minimum Gasteiger partial charge on any atom is -0.484 e. The predicted octanol–water partition coefficient (Wildman–Crippen LogP) is 3.23. The van der Waals surface area contributed by atoms with Gasteiger partial charge in [-0.15, -0.1) is 0 Å². The summed E-state index contributed by atoms with van der Waals surface area (Å²) < 4.78 is 5.56. The van der Waals surface area contributed by atoms with E-state index in [1.807, 2.05) is 38.2 Å². The van der Waals surface area contributed by atoms with Crippen LogP contribution in [-0.4, -0.2) is 38.1 Å². The standard InChI is InChI=1S/C22H36N4O2/c1-4-7-17-10-12-19(13-11-17)26-22(23-3)25-15-18-8-6-9-20(14-18)28-16-21(27)24-5-2/h6,8-9,14,17,19H,4-5,7,10-13,15-16H2,1-3H3,(H,24,27)(H2,23,25,26). The fourth-order valence-corrected chi connectivity index (χ4v) is 3.72. The Bertz CT molecular complexity index is 625. The van der Waals surface area contributed by atoms with Gasteiger partial charge in [0.2, 0.25) is 0 Å². The average Bonchev–Trinajstić information content (AvgIpc) is 2.71. The van der Waals surface area contributed by atoms with Crippen LogP contribution in [-0.2, 0) is 11.3 Å². The van der Waals surface area contributed by atoms with E-state index in [2.05, 4.69) is 27.9 Å². The molecule has 0 spiro atoms. The predicted molar refractivity (Wildman–Crippen MR) is 115 cm³/mol. The van der Waals surface area contributed by atoms with Crippen LogP contribution in [0.4, 0.5) is 0 Å². The van der Waals surface area contributed by atoms with Crippen LogP contribution < -0.4 is 20.7 Å². The van der Waals surface area contributed by atoms with E-state index >= 15 is 0 Å². The lowest BCUT2D eigenvalue weighted by Crippen LogP contribution is -2.44. The van der Waals surface area contributed by atoms with Gasteiger partial charge in [-0.1, -0.05) is 31.9 Å². The lowest BCUT2D eigenvalue weighted by molar-refractivity contribution is -0.122. The van der Waals surface area contributed by atoms with E-state index in [0.29, 0.717) is 24.9 Å². The van der Waals surface area contributed by atoms with Crippen molar-refractivity contribution in [1.29, 1.82) is 0 Å². The number of carbonyl (C=O) groups excluding carboxylic acids is 1. The largest absolute Gasteiger partial charge is 0.484 e.